The van der Waals surface area contributed by atoms with Crippen molar-refractivity contribution in [3.8, 4) is 6.07 Å². The van der Waals surface area contributed by atoms with Gasteiger partial charge >= 0.3 is 5.97 Å². The summed E-state index contributed by atoms with van der Waals surface area (Å²) < 4.78 is 0. The fourth-order valence-corrected chi connectivity index (χ4v) is 1.57. The maximum atomic E-state index is 11.3. The van der Waals surface area contributed by atoms with Crippen LogP contribution in [0.5, 0.6) is 0 Å². The van der Waals surface area contributed by atoms with Crippen LogP contribution >= 0.6 is 0 Å². The molecule has 0 fully saturated rings. The first-order valence-corrected chi connectivity index (χ1v) is 6.25. The maximum absolute atomic E-state index is 11.3. The third-order valence-corrected chi connectivity index (χ3v) is 2.53. The topological polar surface area (TPSA) is 61.1 Å². The molecule has 0 aliphatic carbocycles. The van der Waals surface area contributed by atoms with Crippen LogP contribution in [0.3, 0.4) is 0 Å². The van der Waals surface area contributed by atoms with Gasteiger partial charge in [0.15, 0.2) is 0 Å². The summed E-state index contributed by atoms with van der Waals surface area (Å²) in [7, 11) is 0. The smallest absolute Gasteiger partial charge is 0.336 e. The zero-order valence-corrected chi connectivity index (χ0v) is 11.4. The molecular formula is C18H15NO2. The minimum atomic E-state index is -1.07. The van der Waals surface area contributed by atoms with Gasteiger partial charge in [0.2, 0.25) is 0 Å². The Hall–Kier alpha value is -3.12. The van der Waals surface area contributed by atoms with E-state index < -0.39 is 5.97 Å². The molecule has 1 rings (SSSR count). The van der Waals surface area contributed by atoms with E-state index in [0.29, 0.717) is 5.57 Å². The average molecular weight is 277 g/mol. The number of carbonyl (C=O) groups is 1. The zero-order valence-electron chi connectivity index (χ0n) is 11.4. The van der Waals surface area contributed by atoms with Crippen molar-refractivity contribution < 1.29 is 9.90 Å². The van der Waals surface area contributed by atoms with Crippen molar-refractivity contribution in [2.24, 2.45) is 0 Å². The molecule has 0 aliphatic rings. The lowest BCUT2D eigenvalue weighted by atomic mass is 10.0. The van der Waals surface area contributed by atoms with Crippen LogP contribution in [0.4, 0.5) is 0 Å². The molecule has 21 heavy (non-hydrogen) atoms. The summed E-state index contributed by atoms with van der Waals surface area (Å²) in [6.45, 7) is 3.52. The molecule has 0 amide bonds. The standard InChI is InChI=1S/C18H15NO2/c1-2-3-11-17(18(20)21)16(10-7-14-19)13-12-15-8-5-4-6-9-15/h2-13H,1H2,(H,20,21). The average Bonchev–Trinajstić information content (AvgIpc) is 2.50. The van der Waals surface area contributed by atoms with Crippen molar-refractivity contribution in [1.82, 2.24) is 0 Å². The summed E-state index contributed by atoms with van der Waals surface area (Å²) in [5.41, 5.74) is 1.47. The molecule has 0 saturated heterocycles. The molecule has 0 saturated carbocycles. The van der Waals surface area contributed by atoms with E-state index in [1.165, 1.54) is 24.3 Å². The van der Waals surface area contributed by atoms with E-state index in [9.17, 15) is 9.90 Å². The van der Waals surface area contributed by atoms with Gasteiger partial charge < -0.3 is 5.11 Å². The van der Waals surface area contributed by atoms with Crippen molar-refractivity contribution >= 4 is 12.0 Å². The van der Waals surface area contributed by atoms with E-state index in [0.717, 1.165) is 5.56 Å². The van der Waals surface area contributed by atoms with Crippen molar-refractivity contribution in [2.75, 3.05) is 0 Å². The van der Waals surface area contributed by atoms with Gasteiger partial charge in [0, 0.05) is 6.08 Å². The van der Waals surface area contributed by atoms with E-state index in [-0.39, 0.29) is 5.57 Å². The highest BCUT2D eigenvalue weighted by atomic mass is 16.4. The summed E-state index contributed by atoms with van der Waals surface area (Å²) in [6.07, 6.45) is 10.7. The fourth-order valence-electron chi connectivity index (χ4n) is 1.57. The Morgan fingerprint density at radius 2 is 1.90 bits per heavy atom. The van der Waals surface area contributed by atoms with Crippen LogP contribution in [-0.4, -0.2) is 11.1 Å². The van der Waals surface area contributed by atoms with Crippen LogP contribution in [0.15, 0.2) is 84.5 Å². The number of hydrogen-bond donors (Lipinski definition) is 1. The van der Waals surface area contributed by atoms with Crippen LogP contribution < -0.4 is 0 Å². The first kappa shape index (κ1) is 15.9. The lowest BCUT2D eigenvalue weighted by molar-refractivity contribution is -0.132. The lowest BCUT2D eigenvalue weighted by Gasteiger charge is -2.00. The van der Waals surface area contributed by atoms with Crippen LogP contribution in [0.25, 0.3) is 6.08 Å². The van der Waals surface area contributed by atoms with Crippen molar-refractivity contribution in [3.63, 3.8) is 0 Å². The molecule has 3 nitrogen and oxygen atoms in total. The van der Waals surface area contributed by atoms with Gasteiger partial charge in [-0.3, -0.25) is 0 Å². The van der Waals surface area contributed by atoms with Gasteiger partial charge in [-0.05, 0) is 23.3 Å². The van der Waals surface area contributed by atoms with Crippen molar-refractivity contribution in [2.45, 2.75) is 0 Å². The van der Waals surface area contributed by atoms with Crippen molar-refractivity contribution in [1.29, 1.82) is 5.26 Å². The minimum absolute atomic E-state index is 0.0913. The second kappa shape index (κ2) is 8.89. The molecule has 104 valence electrons. The quantitative estimate of drug-likeness (QED) is 0.487. The van der Waals surface area contributed by atoms with Gasteiger partial charge in [-0.15, -0.1) is 0 Å². The maximum Gasteiger partial charge on any atom is 0.336 e. The molecule has 0 bridgehead atoms. The summed E-state index contributed by atoms with van der Waals surface area (Å²) in [5, 5.41) is 17.9. The van der Waals surface area contributed by atoms with Gasteiger partial charge in [-0.25, -0.2) is 4.79 Å². The van der Waals surface area contributed by atoms with Gasteiger partial charge in [-0.1, -0.05) is 61.2 Å². The van der Waals surface area contributed by atoms with Gasteiger partial charge in [0.05, 0.1) is 11.6 Å². The van der Waals surface area contributed by atoms with E-state index in [1.54, 1.807) is 18.2 Å². The predicted molar refractivity (Wildman–Crippen MR) is 84.2 cm³/mol. The van der Waals surface area contributed by atoms with Crippen molar-refractivity contribution in [3.05, 3.63) is 90.1 Å². The Balaban J connectivity index is 3.26. The summed E-state index contributed by atoms with van der Waals surface area (Å²) >= 11 is 0. The van der Waals surface area contributed by atoms with Crippen LogP contribution in [0, 0.1) is 11.3 Å². The highest BCUT2D eigenvalue weighted by Crippen LogP contribution is 2.13. The number of rotatable bonds is 6. The second-order valence-electron chi connectivity index (χ2n) is 3.98. The van der Waals surface area contributed by atoms with E-state index in [2.05, 4.69) is 6.58 Å². The van der Waals surface area contributed by atoms with Crippen LogP contribution in [0.2, 0.25) is 0 Å². The monoisotopic (exact) mass is 277 g/mol. The fraction of sp³-hybridized carbons (Fsp3) is 0. The summed E-state index contributed by atoms with van der Waals surface area (Å²) in [4.78, 5) is 11.3. The molecule has 3 heteroatoms. The minimum Gasteiger partial charge on any atom is -0.478 e. The largest absolute Gasteiger partial charge is 0.478 e. The Morgan fingerprint density at radius 3 is 2.48 bits per heavy atom. The predicted octanol–water partition coefficient (Wildman–Crippen LogP) is 3.90. The highest BCUT2D eigenvalue weighted by molar-refractivity contribution is 5.92. The first-order valence-electron chi connectivity index (χ1n) is 6.25. The SMILES string of the molecule is C=CC=CC(C(=O)O)=C(C=CC#N)C=Cc1ccccc1. The number of nitriles is 1. The lowest BCUT2D eigenvalue weighted by Crippen LogP contribution is -2.00. The first-order chi connectivity index (χ1) is 10.2. The second-order valence-corrected chi connectivity index (χ2v) is 3.98. The molecule has 0 aliphatic heterocycles. The Labute approximate surface area is 124 Å². The number of benzene rings is 1. The number of carboxylic acid groups (broad SMARTS) is 1. The molecule has 0 spiro atoms. The third kappa shape index (κ3) is 5.58. The van der Waals surface area contributed by atoms with Gasteiger partial charge in [-0.2, -0.15) is 5.26 Å². The molecule has 0 heterocycles. The van der Waals surface area contributed by atoms with E-state index >= 15 is 0 Å². The molecule has 0 unspecified atom stereocenters. The summed E-state index contributed by atoms with van der Waals surface area (Å²) in [5.74, 6) is -1.07. The number of aliphatic carboxylic acids is 1. The molecule has 0 radical (unpaired) electrons. The Morgan fingerprint density at radius 1 is 1.19 bits per heavy atom. The normalized spacial score (nSPS) is 12.5. The van der Waals surface area contributed by atoms with E-state index in [1.807, 2.05) is 36.4 Å². The highest BCUT2D eigenvalue weighted by Gasteiger charge is 2.07. The summed E-state index contributed by atoms with van der Waals surface area (Å²) in [6, 6.07) is 11.4. The Kier molecular flexibility index (Phi) is 6.75. The number of carboxylic acids is 1. The van der Waals surface area contributed by atoms with Crippen LogP contribution in [0.1, 0.15) is 5.56 Å². The number of nitrogens with zero attached hydrogens (tertiary/aromatic N) is 1. The molecule has 0 aromatic heterocycles. The third-order valence-electron chi connectivity index (χ3n) is 2.53. The molecule has 1 N–H and O–H groups in total. The zero-order chi connectivity index (χ0) is 15.5. The van der Waals surface area contributed by atoms with E-state index in [4.69, 9.17) is 5.26 Å². The Bertz CT molecular complexity index is 656. The molecule has 1 aromatic carbocycles. The molecule has 1 aromatic rings. The van der Waals surface area contributed by atoms with Gasteiger partial charge in [0.25, 0.3) is 0 Å². The molecule has 0 atom stereocenters. The number of allylic oxidation sites excluding steroid dienone is 6. The van der Waals surface area contributed by atoms with Gasteiger partial charge in [0.1, 0.15) is 0 Å². The molecular weight excluding hydrogens is 262 g/mol. The number of hydrogen-bond acceptors (Lipinski definition) is 2. The van der Waals surface area contributed by atoms with Crippen LogP contribution in [-0.2, 0) is 4.79 Å².